The minimum Gasteiger partial charge on any atom is -0.460 e. The maximum Gasteiger partial charge on any atom is 0.325 e. The lowest BCUT2D eigenvalue weighted by Gasteiger charge is -2.07. The van der Waals surface area contributed by atoms with E-state index in [0.29, 0.717) is 5.56 Å². The highest BCUT2D eigenvalue weighted by Gasteiger charge is 2.09. The zero-order chi connectivity index (χ0) is 15.1. The van der Waals surface area contributed by atoms with Gasteiger partial charge in [-0.2, -0.15) is 0 Å². The molecule has 2 aromatic rings. The van der Waals surface area contributed by atoms with Crippen molar-refractivity contribution in [2.75, 3.05) is 6.54 Å². The van der Waals surface area contributed by atoms with Crippen LogP contribution in [0.2, 0.25) is 0 Å². The third-order valence-electron chi connectivity index (χ3n) is 2.92. The number of hydrogen-bond donors (Lipinski definition) is 1. The summed E-state index contributed by atoms with van der Waals surface area (Å²) in [7, 11) is 0. The van der Waals surface area contributed by atoms with E-state index in [4.69, 9.17) is 4.74 Å². The first kappa shape index (κ1) is 14.8. The zero-order valence-electron chi connectivity index (χ0n) is 11.8. The molecule has 0 aliphatic carbocycles. The van der Waals surface area contributed by atoms with Crippen molar-refractivity contribution in [3.05, 3.63) is 71.3 Å². The van der Waals surface area contributed by atoms with E-state index in [1.54, 1.807) is 18.2 Å². The van der Waals surface area contributed by atoms with Crippen LogP contribution < -0.4 is 5.32 Å². The summed E-state index contributed by atoms with van der Waals surface area (Å²) < 4.78 is 5.08. The largest absolute Gasteiger partial charge is 0.460 e. The maximum absolute atomic E-state index is 11.9. The van der Waals surface area contributed by atoms with E-state index >= 15 is 0 Å². The molecule has 0 bridgehead atoms. The molecule has 1 N–H and O–H groups in total. The second kappa shape index (κ2) is 7.24. The number of nitrogens with one attached hydrogen (secondary N) is 1. The molecule has 108 valence electrons. The number of benzene rings is 2. The minimum atomic E-state index is -0.458. The van der Waals surface area contributed by atoms with Gasteiger partial charge in [0.1, 0.15) is 13.2 Å². The van der Waals surface area contributed by atoms with Crippen molar-refractivity contribution >= 4 is 11.9 Å². The van der Waals surface area contributed by atoms with Crippen LogP contribution in [0.15, 0.2) is 54.6 Å². The Morgan fingerprint density at radius 1 is 1.05 bits per heavy atom. The summed E-state index contributed by atoms with van der Waals surface area (Å²) in [6.45, 7) is 1.98. The Kier molecular flexibility index (Phi) is 5.10. The molecule has 0 saturated heterocycles. The first-order valence-corrected chi connectivity index (χ1v) is 6.69. The fourth-order valence-corrected chi connectivity index (χ4v) is 1.83. The van der Waals surface area contributed by atoms with Gasteiger partial charge in [0.2, 0.25) is 0 Å². The van der Waals surface area contributed by atoms with Crippen LogP contribution in [0.1, 0.15) is 21.5 Å². The van der Waals surface area contributed by atoms with E-state index in [2.05, 4.69) is 5.32 Å². The topological polar surface area (TPSA) is 55.4 Å². The Labute approximate surface area is 123 Å². The van der Waals surface area contributed by atoms with Crippen molar-refractivity contribution in [2.24, 2.45) is 0 Å². The molecule has 0 aromatic heterocycles. The molecule has 21 heavy (non-hydrogen) atoms. The van der Waals surface area contributed by atoms with Gasteiger partial charge in [0.05, 0.1) is 0 Å². The lowest BCUT2D eigenvalue weighted by molar-refractivity contribution is -0.143. The van der Waals surface area contributed by atoms with Crippen LogP contribution in [0.5, 0.6) is 0 Å². The number of rotatable bonds is 5. The Balaban J connectivity index is 1.77. The predicted molar refractivity (Wildman–Crippen MR) is 79.8 cm³/mol. The summed E-state index contributed by atoms with van der Waals surface area (Å²) in [6.07, 6.45) is 0. The van der Waals surface area contributed by atoms with Crippen molar-refractivity contribution in [3.8, 4) is 0 Å². The van der Waals surface area contributed by atoms with E-state index in [0.717, 1.165) is 11.1 Å². The molecule has 0 radical (unpaired) electrons. The fourth-order valence-electron chi connectivity index (χ4n) is 1.83. The van der Waals surface area contributed by atoms with Crippen LogP contribution in [0.25, 0.3) is 0 Å². The van der Waals surface area contributed by atoms with E-state index in [1.807, 2.05) is 43.3 Å². The quantitative estimate of drug-likeness (QED) is 0.858. The highest BCUT2D eigenvalue weighted by Crippen LogP contribution is 2.04. The summed E-state index contributed by atoms with van der Waals surface area (Å²) in [5, 5.41) is 2.55. The summed E-state index contributed by atoms with van der Waals surface area (Å²) in [6, 6.07) is 16.6. The van der Waals surface area contributed by atoms with Crippen LogP contribution in [0.3, 0.4) is 0 Å². The van der Waals surface area contributed by atoms with Crippen LogP contribution in [0, 0.1) is 6.92 Å². The Morgan fingerprint density at radius 3 is 2.52 bits per heavy atom. The van der Waals surface area contributed by atoms with Gasteiger partial charge in [0, 0.05) is 5.56 Å². The number of hydrogen-bond acceptors (Lipinski definition) is 3. The van der Waals surface area contributed by atoms with Gasteiger partial charge in [-0.1, -0.05) is 48.0 Å². The van der Waals surface area contributed by atoms with Gasteiger partial charge in [0.25, 0.3) is 5.91 Å². The average molecular weight is 283 g/mol. The molecule has 2 rings (SSSR count). The molecule has 1 amide bonds. The van der Waals surface area contributed by atoms with Crippen molar-refractivity contribution in [1.29, 1.82) is 0 Å². The van der Waals surface area contributed by atoms with Crippen LogP contribution in [-0.2, 0) is 16.1 Å². The summed E-state index contributed by atoms with van der Waals surface area (Å²) >= 11 is 0. The second-order valence-electron chi connectivity index (χ2n) is 4.70. The molecule has 0 aliphatic heterocycles. The molecule has 0 atom stereocenters. The lowest BCUT2D eigenvalue weighted by atomic mass is 10.1. The van der Waals surface area contributed by atoms with E-state index in [1.165, 1.54) is 0 Å². The van der Waals surface area contributed by atoms with Crippen molar-refractivity contribution in [3.63, 3.8) is 0 Å². The smallest absolute Gasteiger partial charge is 0.325 e. The Bertz CT molecular complexity index is 623. The van der Waals surface area contributed by atoms with Crippen molar-refractivity contribution in [1.82, 2.24) is 5.32 Å². The molecular weight excluding hydrogens is 266 g/mol. The van der Waals surface area contributed by atoms with E-state index < -0.39 is 5.97 Å². The van der Waals surface area contributed by atoms with Gasteiger partial charge in [-0.15, -0.1) is 0 Å². The van der Waals surface area contributed by atoms with Crippen molar-refractivity contribution < 1.29 is 14.3 Å². The summed E-state index contributed by atoms with van der Waals surface area (Å²) in [5.74, 6) is -0.741. The minimum absolute atomic E-state index is 0.139. The first-order valence-electron chi connectivity index (χ1n) is 6.69. The third-order valence-corrected chi connectivity index (χ3v) is 2.92. The number of esters is 1. The molecule has 4 nitrogen and oxygen atoms in total. The normalized spacial score (nSPS) is 9.95. The number of carbonyl (C=O) groups is 2. The number of carbonyl (C=O) groups excluding carboxylic acids is 2. The van der Waals surface area contributed by atoms with Gasteiger partial charge >= 0.3 is 5.97 Å². The molecule has 4 heteroatoms. The van der Waals surface area contributed by atoms with Crippen molar-refractivity contribution in [2.45, 2.75) is 13.5 Å². The van der Waals surface area contributed by atoms with Crippen LogP contribution in [0.4, 0.5) is 0 Å². The van der Waals surface area contributed by atoms with Gasteiger partial charge in [-0.05, 0) is 24.6 Å². The van der Waals surface area contributed by atoms with Gasteiger partial charge in [-0.3, -0.25) is 9.59 Å². The van der Waals surface area contributed by atoms with Crippen LogP contribution in [-0.4, -0.2) is 18.4 Å². The maximum atomic E-state index is 11.9. The highest BCUT2D eigenvalue weighted by molar-refractivity contribution is 5.96. The molecule has 0 heterocycles. The molecule has 0 fully saturated rings. The lowest BCUT2D eigenvalue weighted by Crippen LogP contribution is -2.30. The van der Waals surface area contributed by atoms with Gasteiger partial charge < -0.3 is 10.1 Å². The first-order chi connectivity index (χ1) is 10.1. The third kappa shape index (κ3) is 4.76. The fraction of sp³-hybridized carbons (Fsp3) is 0.176. The van der Waals surface area contributed by atoms with E-state index in [-0.39, 0.29) is 19.1 Å². The van der Waals surface area contributed by atoms with Gasteiger partial charge in [-0.25, -0.2) is 0 Å². The Hall–Kier alpha value is -2.62. The summed E-state index contributed by atoms with van der Waals surface area (Å²) in [4.78, 5) is 23.4. The zero-order valence-corrected chi connectivity index (χ0v) is 11.8. The molecular formula is C17H17NO3. The molecule has 0 aliphatic rings. The molecule has 2 aromatic carbocycles. The number of ether oxygens (including phenoxy) is 1. The predicted octanol–water partition coefficient (Wildman–Crippen LogP) is 2.47. The van der Waals surface area contributed by atoms with Gasteiger partial charge in [0.15, 0.2) is 0 Å². The highest BCUT2D eigenvalue weighted by atomic mass is 16.5. The number of aryl methyl sites for hydroxylation is 1. The SMILES string of the molecule is Cc1cccc(C(=O)NCC(=O)OCc2ccccc2)c1. The molecule has 0 spiro atoms. The second-order valence-corrected chi connectivity index (χ2v) is 4.70. The average Bonchev–Trinajstić information content (AvgIpc) is 2.51. The summed E-state index contributed by atoms with van der Waals surface area (Å²) in [5.41, 5.74) is 2.44. The molecule has 0 unspecified atom stereocenters. The Morgan fingerprint density at radius 2 is 1.81 bits per heavy atom. The van der Waals surface area contributed by atoms with Crippen LogP contribution >= 0.6 is 0 Å². The monoisotopic (exact) mass is 283 g/mol. The standard InChI is InChI=1S/C17H17NO3/c1-13-6-5-9-15(10-13)17(20)18-11-16(19)21-12-14-7-3-2-4-8-14/h2-10H,11-12H2,1H3,(H,18,20). The number of amides is 1. The molecule has 0 saturated carbocycles. The van der Waals surface area contributed by atoms with E-state index in [9.17, 15) is 9.59 Å².